The van der Waals surface area contributed by atoms with Crippen molar-refractivity contribution in [1.29, 1.82) is 0 Å². The predicted molar refractivity (Wildman–Crippen MR) is 125 cm³/mol. The van der Waals surface area contributed by atoms with Gasteiger partial charge < -0.3 is 5.32 Å². The lowest BCUT2D eigenvalue weighted by atomic mass is 10.1. The standard InChI is InChI=1S/C21H19F3IN3O4S/c1-13-18(25)12-27(19(29)26-11-14-6-8-17(9-7-14)33(2,31)32)20(30)28(13)16-5-3-4-15(10-16)21(22,23)24/h3-10H,11-12H2,1-2H3,(H,26,29). The highest BCUT2D eigenvalue weighted by Gasteiger charge is 2.36. The number of benzene rings is 2. The molecule has 0 saturated heterocycles. The van der Waals surface area contributed by atoms with Gasteiger partial charge in [-0.15, -0.1) is 0 Å². The van der Waals surface area contributed by atoms with E-state index in [4.69, 9.17) is 0 Å². The molecule has 4 amide bonds. The molecule has 2 aromatic carbocycles. The number of urea groups is 2. The van der Waals surface area contributed by atoms with Crippen LogP contribution >= 0.6 is 22.6 Å². The number of hydrogen-bond acceptors (Lipinski definition) is 4. The normalized spacial score (nSPS) is 15.2. The van der Waals surface area contributed by atoms with Crippen molar-refractivity contribution >= 4 is 50.2 Å². The second kappa shape index (κ2) is 9.33. The van der Waals surface area contributed by atoms with Crippen molar-refractivity contribution < 1.29 is 31.2 Å². The monoisotopic (exact) mass is 593 g/mol. The van der Waals surface area contributed by atoms with E-state index in [1.807, 2.05) is 22.6 Å². The van der Waals surface area contributed by atoms with Gasteiger partial charge in [-0.1, -0.05) is 18.2 Å². The quantitative estimate of drug-likeness (QED) is 0.510. The lowest BCUT2D eigenvalue weighted by molar-refractivity contribution is -0.137. The van der Waals surface area contributed by atoms with Gasteiger partial charge in [-0.05, 0) is 65.4 Å². The molecule has 176 valence electrons. The number of anilines is 1. The number of nitrogens with one attached hydrogen (secondary N) is 1. The molecule has 3 rings (SSSR count). The fourth-order valence-electron chi connectivity index (χ4n) is 3.12. The lowest BCUT2D eigenvalue weighted by Crippen LogP contribution is -2.53. The molecule has 1 heterocycles. The molecule has 1 aliphatic heterocycles. The minimum Gasteiger partial charge on any atom is -0.333 e. The third-order valence-corrected chi connectivity index (χ3v) is 7.17. The Kier molecular flexibility index (Phi) is 7.07. The summed E-state index contributed by atoms with van der Waals surface area (Å²) in [5.74, 6) is 0. The van der Waals surface area contributed by atoms with Crippen LogP contribution in [0.3, 0.4) is 0 Å². The van der Waals surface area contributed by atoms with Crippen molar-refractivity contribution in [1.82, 2.24) is 10.2 Å². The molecule has 33 heavy (non-hydrogen) atoms. The molecule has 0 saturated carbocycles. The Bertz CT molecular complexity index is 1230. The maximum absolute atomic E-state index is 13.1. The van der Waals surface area contributed by atoms with Gasteiger partial charge in [0.1, 0.15) is 0 Å². The van der Waals surface area contributed by atoms with Crippen LogP contribution in [-0.2, 0) is 22.6 Å². The topological polar surface area (TPSA) is 86.8 Å². The van der Waals surface area contributed by atoms with Gasteiger partial charge in [0.25, 0.3) is 0 Å². The Labute approximate surface area is 202 Å². The molecule has 0 atom stereocenters. The maximum atomic E-state index is 13.1. The molecule has 2 aromatic rings. The zero-order chi connectivity index (χ0) is 24.6. The second-order valence-corrected chi connectivity index (χ2v) is 10.6. The van der Waals surface area contributed by atoms with E-state index < -0.39 is 33.6 Å². The first-order valence-corrected chi connectivity index (χ1v) is 12.5. The number of rotatable bonds is 4. The molecule has 0 unspecified atom stereocenters. The molecule has 1 N–H and O–H groups in total. The van der Waals surface area contributed by atoms with Crippen molar-refractivity contribution in [2.24, 2.45) is 0 Å². The molecule has 0 bridgehead atoms. The van der Waals surface area contributed by atoms with Crippen LogP contribution in [-0.4, -0.2) is 38.2 Å². The van der Waals surface area contributed by atoms with E-state index in [9.17, 15) is 31.2 Å². The Morgan fingerprint density at radius 2 is 1.79 bits per heavy atom. The fourth-order valence-corrected chi connectivity index (χ4v) is 4.33. The zero-order valence-corrected chi connectivity index (χ0v) is 20.5. The first-order valence-electron chi connectivity index (χ1n) is 9.50. The van der Waals surface area contributed by atoms with Crippen LogP contribution in [0.5, 0.6) is 0 Å². The molecule has 0 spiro atoms. The Hall–Kier alpha value is -2.61. The van der Waals surface area contributed by atoms with Gasteiger partial charge in [-0.2, -0.15) is 13.2 Å². The summed E-state index contributed by atoms with van der Waals surface area (Å²) in [5, 5.41) is 2.58. The third kappa shape index (κ3) is 5.66. The summed E-state index contributed by atoms with van der Waals surface area (Å²) in [4.78, 5) is 27.9. The fraction of sp³-hybridized carbons (Fsp3) is 0.238. The van der Waals surface area contributed by atoms with Crippen LogP contribution in [0.15, 0.2) is 62.7 Å². The molecule has 1 aliphatic rings. The average molecular weight is 593 g/mol. The van der Waals surface area contributed by atoms with E-state index in [2.05, 4.69) is 5.32 Å². The smallest absolute Gasteiger partial charge is 0.333 e. The first kappa shape index (κ1) is 25.0. The van der Waals surface area contributed by atoms with Crippen molar-refractivity contribution in [2.45, 2.75) is 24.5 Å². The number of hydrogen-bond donors (Lipinski definition) is 1. The van der Waals surface area contributed by atoms with E-state index in [-0.39, 0.29) is 23.7 Å². The Morgan fingerprint density at radius 3 is 2.36 bits per heavy atom. The number of carbonyl (C=O) groups excluding carboxylic acids is 2. The number of alkyl halides is 3. The van der Waals surface area contributed by atoms with Gasteiger partial charge in [0.05, 0.1) is 22.7 Å². The number of carbonyl (C=O) groups is 2. The number of imide groups is 1. The number of halogens is 4. The van der Waals surface area contributed by atoms with E-state index in [0.717, 1.165) is 28.2 Å². The zero-order valence-electron chi connectivity index (χ0n) is 17.5. The highest BCUT2D eigenvalue weighted by molar-refractivity contribution is 14.1. The van der Waals surface area contributed by atoms with Crippen LogP contribution in [0.4, 0.5) is 28.4 Å². The summed E-state index contributed by atoms with van der Waals surface area (Å²) < 4.78 is 63.1. The van der Waals surface area contributed by atoms with Crippen LogP contribution in [0.25, 0.3) is 0 Å². The van der Waals surface area contributed by atoms with Gasteiger partial charge in [-0.25, -0.2) is 22.9 Å². The minimum absolute atomic E-state index is 0.00430. The van der Waals surface area contributed by atoms with Gasteiger partial charge in [0.2, 0.25) is 0 Å². The highest BCUT2D eigenvalue weighted by Crippen LogP contribution is 2.35. The van der Waals surface area contributed by atoms with Crippen molar-refractivity contribution in [3.63, 3.8) is 0 Å². The largest absolute Gasteiger partial charge is 0.416 e. The van der Waals surface area contributed by atoms with E-state index in [1.54, 1.807) is 6.92 Å². The van der Waals surface area contributed by atoms with Gasteiger partial charge in [-0.3, -0.25) is 4.90 Å². The molecule has 0 aromatic heterocycles. The van der Waals surface area contributed by atoms with Gasteiger partial charge in [0, 0.05) is 22.1 Å². The van der Waals surface area contributed by atoms with Crippen molar-refractivity contribution in [3.05, 3.63) is 68.9 Å². The number of amides is 4. The first-order chi connectivity index (χ1) is 15.3. The van der Waals surface area contributed by atoms with Crippen molar-refractivity contribution in [2.75, 3.05) is 17.7 Å². The highest BCUT2D eigenvalue weighted by atomic mass is 127. The third-order valence-electron chi connectivity index (χ3n) is 4.92. The predicted octanol–water partition coefficient (Wildman–Crippen LogP) is 4.93. The summed E-state index contributed by atoms with van der Waals surface area (Å²) >= 11 is 1.94. The van der Waals surface area contributed by atoms with E-state index in [1.165, 1.54) is 36.4 Å². The van der Waals surface area contributed by atoms with Crippen LogP contribution < -0.4 is 10.2 Å². The van der Waals surface area contributed by atoms with E-state index in [0.29, 0.717) is 14.8 Å². The molecule has 7 nitrogen and oxygen atoms in total. The van der Waals surface area contributed by atoms with Crippen LogP contribution in [0, 0.1) is 0 Å². The summed E-state index contributed by atoms with van der Waals surface area (Å²) in [5.41, 5.74) is 0.127. The molecule has 0 aliphatic carbocycles. The summed E-state index contributed by atoms with van der Waals surface area (Å²) in [6.45, 7) is 1.59. The second-order valence-electron chi connectivity index (χ2n) is 7.32. The lowest BCUT2D eigenvalue weighted by Gasteiger charge is -2.35. The Balaban J connectivity index is 1.79. The summed E-state index contributed by atoms with van der Waals surface area (Å²) in [6.07, 6.45) is -3.50. The Morgan fingerprint density at radius 1 is 1.15 bits per heavy atom. The molecule has 0 radical (unpaired) electrons. The number of allylic oxidation sites excluding steroid dienone is 1. The van der Waals surface area contributed by atoms with Crippen LogP contribution in [0.1, 0.15) is 18.1 Å². The minimum atomic E-state index is -4.58. The molecular formula is C21H19F3IN3O4S. The number of sulfone groups is 1. The maximum Gasteiger partial charge on any atom is 0.416 e. The molecular weight excluding hydrogens is 574 g/mol. The van der Waals surface area contributed by atoms with Gasteiger partial charge in [0.15, 0.2) is 9.84 Å². The van der Waals surface area contributed by atoms with Crippen LogP contribution in [0.2, 0.25) is 0 Å². The van der Waals surface area contributed by atoms with Crippen molar-refractivity contribution in [3.8, 4) is 0 Å². The number of nitrogens with zero attached hydrogens (tertiary/aromatic N) is 2. The summed E-state index contributed by atoms with van der Waals surface area (Å²) in [6, 6.07) is 8.71. The molecule has 12 heteroatoms. The average Bonchev–Trinajstić information content (AvgIpc) is 2.74. The SMILES string of the molecule is CC1=C(I)CN(C(=O)NCc2ccc(S(C)(=O)=O)cc2)C(=O)N1c1cccc(C(F)(F)F)c1. The van der Waals surface area contributed by atoms with Gasteiger partial charge >= 0.3 is 18.2 Å². The molecule has 0 fully saturated rings. The summed E-state index contributed by atoms with van der Waals surface area (Å²) in [7, 11) is -3.35. The van der Waals surface area contributed by atoms with E-state index >= 15 is 0 Å².